The second-order valence-corrected chi connectivity index (χ2v) is 10.8. The van der Waals surface area contributed by atoms with Gasteiger partial charge in [0.05, 0.1) is 23.4 Å². The molecule has 36 heavy (non-hydrogen) atoms. The molecule has 1 heterocycles. The van der Waals surface area contributed by atoms with Crippen LogP contribution in [0.2, 0.25) is 0 Å². The number of rotatable bonds is 5. The number of carbonyl (C=O) groups is 2. The number of amides is 1. The van der Waals surface area contributed by atoms with Crippen LogP contribution >= 0.6 is 15.9 Å². The molecule has 0 radical (unpaired) electrons. The Hall–Kier alpha value is -2.87. The summed E-state index contributed by atoms with van der Waals surface area (Å²) in [6.45, 7) is 3.52. The zero-order chi connectivity index (χ0) is 25.7. The predicted octanol–water partition coefficient (Wildman–Crippen LogP) is 6.60. The van der Waals surface area contributed by atoms with Crippen LogP contribution in [-0.4, -0.2) is 34.9 Å². The van der Waals surface area contributed by atoms with Gasteiger partial charge >= 0.3 is 5.97 Å². The smallest absolute Gasteiger partial charge is 0.318 e. The van der Waals surface area contributed by atoms with Gasteiger partial charge in [0, 0.05) is 27.4 Å². The normalized spacial score (nSPS) is 24.5. The second-order valence-electron chi connectivity index (χ2n) is 9.91. The first kappa shape index (κ1) is 24.8. The standard InChI is InChI=1S/C28H27BrF2N2O3/c1-3-36-25(35)27-13-11-26(12-14-27,16-28(27,30)31)33-24(34)22-17(2)23(18-7-5-4-6-8-18)32-21-10-9-19(29)15-20(21)22/h4-10,15H,3,11-14,16H2,1-2H3,(H,33,34). The van der Waals surface area contributed by atoms with Gasteiger partial charge in [-0.3, -0.25) is 9.59 Å². The highest BCUT2D eigenvalue weighted by molar-refractivity contribution is 9.10. The maximum atomic E-state index is 15.4. The van der Waals surface area contributed by atoms with E-state index >= 15 is 8.78 Å². The molecular weight excluding hydrogens is 530 g/mol. The fraction of sp³-hybridized carbons (Fsp3) is 0.393. The SMILES string of the molecule is CCOC(=O)C12CCC(NC(=O)c3c(C)c(-c4ccccc4)nc4ccc(Br)cc34)(CC1)CC2(F)F. The minimum Gasteiger partial charge on any atom is -0.465 e. The largest absolute Gasteiger partial charge is 0.465 e. The minimum atomic E-state index is -3.27. The molecule has 5 nitrogen and oxygen atoms in total. The van der Waals surface area contributed by atoms with Crippen LogP contribution in [0.15, 0.2) is 53.0 Å². The first-order valence-electron chi connectivity index (χ1n) is 12.1. The van der Waals surface area contributed by atoms with Crippen LogP contribution < -0.4 is 5.32 Å². The number of hydrogen-bond acceptors (Lipinski definition) is 4. The molecule has 1 aromatic heterocycles. The van der Waals surface area contributed by atoms with Crippen LogP contribution in [0.5, 0.6) is 0 Å². The molecule has 3 saturated carbocycles. The number of ether oxygens (including phenoxy) is 1. The third kappa shape index (κ3) is 3.90. The molecule has 3 fully saturated rings. The van der Waals surface area contributed by atoms with Gasteiger partial charge in [-0.2, -0.15) is 0 Å². The summed E-state index contributed by atoms with van der Waals surface area (Å²) in [5, 5.41) is 3.64. The lowest BCUT2D eigenvalue weighted by Crippen LogP contribution is -2.67. The number of alkyl halides is 2. The summed E-state index contributed by atoms with van der Waals surface area (Å²) in [7, 11) is 0. The number of nitrogens with one attached hydrogen (secondary N) is 1. The van der Waals surface area contributed by atoms with Crippen molar-refractivity contribution >= 4 is 38.7 Å². The maximum Gasteiger partial charge on any atom is 0.318 e. The molecule has 3 aliphatic carbocycles. The zero-order valence-corrected chi connectivity index (χ0v) is 21.8. The zero-order valence-electron chi connectivity index (χ0n) is 20.2. The van der Waals surface area contributed by atoms with Gasteiger partial charge < -0.3 is 10.1 Å². The average Bonchev–Trinajstić information content (AvgIpc) is 2.84. The van der Waals surface area contributed by atoms with Crippen LogP contribution in [0.25, 0.3) is 22.2 Å². The average molecular weight is 557 g/mol. The van der Waals surface area contributed by atoms with Crippen LogP contribution in [0.4, 0.5) is 8.78 Å². The number of halogens is 3. The van der Waals surface area contributed by atoms with Crippen LogP contribution in [0, 0.1) is 12.3 Å². The van der Waals surface area contributed by atoms with Gasteiger partial charge in [-0.1, -0.05) is 46.3 Å². The molecule has 2 bridgehead atoms. The molecule has 0 aliphatic heterocycles. The van der Waals surface area contributed by atoms with E-state index in [2.05, 4.69) is 21.2 Å². The summed E-state index contributed by atoms with van der Waals surface area (Å²) < 4.78 is 36.7. The summed E-state index contributed by atoms with van der Waals surface area (Å²) in [4.78, 5) is 31.2. The van der Waals surface area contributed by atoms with E-state index in [1.807, 2.05) is 55.5 Å². The fourth-order valence-electron chi connectivity index (χ4n) is 5.89. The van der Waals surface area contributed by atoms with Crippen LogP contribution in [0.1, 0.15) is 54.9 Å². The summed E-state index contributed by atoms with van der Waals surface area (Å²) in [5.41, 5.74) is 0.394. The molecule has 0 spiro atoms. The third-order valence-electron chi connectivity index (χ3n) is 7.83. The molecule has 0 unspecified atom stereocenters. The van der Waals surface area contributed by atoms with E-state index in [0.29, 0.717) is 40.6 Å². The van der Waals surface area contributed by atoms with Crippen molar-refractivity contribution in [3.05, 3.63) is 64.1 Å². The van der Waals surface area contributed by atoms with Crippen molar-refractivity contribution in [2.45, 2.75) is 57.4 Å². The lowest BCUT2D eigenvalue weighted by Gasteiger charge is -2.55. The van der Waals surface area contributed by atoms with E-state index in [1.54, 1.807) is 6.92 Å². The van der Waals surface area contributed by atoms with Crippen molar-refractivity contribution in [3.63, 3.8) is 0 Å². The van der Waals surface area contributed by atoms with Gasteiger partial charge in [0.25, 0.3) is 11.8 Å². The van der Waals surface area contributed by atoms with E-state index < -0.39 is 35.2 Å². The van der Waals surface area contributed by atoms with Crippen LogP contribution in [0.3, 0.4) is 0 Å². The van der Waals surface area contributed by atoms with E-state index in [0.717, 1.165) is 10.0 Å². The highest BCUT2D eigenvalue weighted by atomic mass is 79.9. The number of nitrogens with zero attached hydrogens (tertiary/aromatic N) is 1. The van der Waals surface area contributed by atoms with Gasteiger partial charge in [0.15, 0.2) is 0 Å². The summed E-state index contributed by atoms with van der Waals surface area (Å²) in [5.74, 6) is -4.50. The van der Waals surface area contributed by atoms with E-state index in [4.69, 9.17) is 9.72 Å². The lowest BCUT2D eigenvalue weighted by atomic mass is 9.55. The van der Waals surface area contributed by atoms with Gasteiger partial charge in [-0.25, -0.2) is 13.8 Å². The summed E-state index contributed by atoms with van der Waals surface area (Å²) >= 11 is 3.48. The Morgan fingerprint density at radius 1 is 1.08 bits per heavy atom. The number of aromatic nitrogens is 1. The molecule has 0 saturated heterocycles. The Balaban J connectivity index is 1.54. The molecule has 1 amide bonds. The highest BCUT2D eigenvalue weighted by Gasteiger charge is 2.69. The lowest BCUT2D eigenvalue weighted by molar-refractivity contribution is -0.222. The Bertz CT molecular complexity index is 1350. The molecule has 0 atom stereocenters. The predicted molar refractivity (Wildman–Crippen MR) is 137 cm³/mol. The van der Waals surface area contributed by atoms with Crippen molar-refractivity contribution in [2.75, 3.05) is 6.61 Å². The van der Waals surface area contributed by atoms with Crippen molar-refractivity contribution < 1.29 is 23.1 Å². The minimum absolute atomic E-state index is 0.0179. The van der Waals surface area contributed by atoms with Crippen molar-refractivity contribution in [1.82, 2.24) is 10.3 Å². The highest BCUT2D eigenvalue weighted by Crippen LogP contribution is 2.60. The first-order chi connectivity index (χ1) is 17.1. The number of benzene rings is 2. The first-order valence-corrected chi connectivity index (χ1v) is 12.9. The van der Waals surface area contributed by atoms with Crippen LogP contribution in [-0.2, 0) is 9.53 Å². The molecule has 8 heteroatoms. The number of pyridine rings is 1. The Labute approximate surface area is 216 Å². The Morgan fingerprint density at radius 3 is 2.42 bits per heavy atom. The fourth-order valence-corrected chi connectivity index (χ4v) is 6.25. The van der Waals surface area contributed by atoms with Gasteiger partial charge in [0.2, 0.25) is 0 Å². The molecule has 188 valence electrons. The van der Waals surface area contributed by atoms with Crippen molar-refractivity contribution in [2.24, 2.45) is 5.41 Å². The molecule has 6 rings (SSSR count). The summed E-state index contributed by atoms with van der Waals surface area (Å²) in [6, 6.07) is 15.1. The Morgan fingerprint density at radius 2 is 1.78 bits per heavy atom. The molecular formula is C28H27BrF2N2O3. The number of esters is 1. The molecule has 2 aromatic carbocycles. The van der Waals surface area contributed by atoms with Gasteiger partial charge in [-0.05, 0) is 63.3 Å². The number of fused-ring (bicyclic) bond motifs is 4. The third-order valence-corrected chi connectivity index (χ3v) is 8.32. The number of carbonyl (C=O) groups excluding carboxylic acids is 2. The second kappa shape index (κ2) is 8.91. The van der Waals surface area contributed by atoms with E-state index in [9.17, 15) is 9.59 Å². The van der Waals surface area contributed by atoms with Gasteiger partial charge in [0.1, 0.15) is 5.41 Å². The van der Waals surface area contributed by atoms with Crippen molar-refractivity contribution in [1.29, 1.82) is 0 Å². The number of hydrogen-bond donors (Lipinski definition) is 1. The molecule has 3 aromatic rings. The topological polar surface area (TPSA) is 68.3 Å². The van der Waals surface area contributed by atoms with Gasteiger partial charge in [-0.15, -0.1) is 0 Å². The van der Waals surface area contributed by atoms with Crippen molar-refractivity contribution in [3.8, 4) is 11.3 Å². The quantitative estimate of drug-likeness (QED) is 0.359. The molecule has 1 N–H and O–H groups in total. The maximum absolute atomic E-state index is 15.4. The molecule has 3 aliphatic rings. The monoisotopic (exact) mass is 556 g/mol. The Kier molecular flexibility index (Phi) is 6.14. The van der Waals surface area contributed by atoms with E-state index in [-0.39, 0.29) is 19.4 Å². The van der Waals surface area contributed by atoms with E-state index in [1.165, 1.54) is 0 Å². The summed E-state index contributed by atoms with van der Waals surface area (Å²) in [6.07, 6.45) is -0.0251.